The van der Waals surface area contributed by atoms with Crippen LogP contribution in [0.15, 0.2) is 66.2 Å². The van der Waals surface area contributed by atoms with Gasteiger partial charge in [0, 0.05) is 28.2 Å². The first kappa shape index (κ1) is 19.7. The third-order valence-electron chi connectivity index (χ3n) is 5.90. The van der Waals surface area contributed by atoms with Gasteiger partial charge in [0.1, 0.15) is 17.4 Å². The van der Waals surface area contributed by atoms with Crippen molar-refractivity contribution in [3.63, 3.8) is 0 Å². The van der Waals surface area contributed by atoms with E-state index in [9.17, 15) is 4.79 Å². The summed E-state index contributed by atoms with van der Waals surface area (Å²) in [6, 6.07) is 17.9. The minimum absolute atomic E-state index is 0.332. The van der Waals surface area contributed by atoms with Crippen LogP contribution < -0.4 is 10.2 Å². The van der Waals surface area contributed by atoms with Gasteiger partial charge in [-0.3, -0.25) is 15.0 Å². The second-order valence-corrected chi connectivity index (χ2v) is 8.69. The monoisotopic (exact) mass is 431 g/mol. The molecule has 2 aromatic carbocycles. The van der Waals surface area contributed by atoms with Crippen LogP contribution in [0, 0.1) is 12.8 Å². The first-order valence-corrected chi connectivity index (χ1v) is 10.9. The zero-order valence-electron chi connectivity index (χ0n) is 16.9. The average molecular weight is 432 g/mol. The van der Waals surface area contributed by atoms with Gasteiger partial charge in [-0.1, -0.05) is 30.3 Å². The van der Waals surface area contributed by atoms with Gasteiger partial charge >= 0.3 is 0 Å². The van der Waals surface area contributed by atoms with Crippen molar-refractivity contribution in [1.82, 2.24) is 15.4 Å². The Labute approximate surface area is 183 Å². The number of ether oxygens (including phenoxy) is 1. The largest absolute Gasteiger partial charge is 0.489 e. The number of carbonyl (C=O) groups excluding carboxylic acids is 1. The molecule has 4 aromatic rings. The molecule has 1 amide bonds. The number of benzene rings is 2. The fourth-order valence-corrected chi connectivity index (χ4v) is 5.23. The van der Waals surface area contributed by atoms with Crippen LogP contribution in [0.5, 0.6) is 5.75 Å². The topological polar surface area (TPSA) is 84.3 Å². The van der Waals surface area contributed by atoms with Gasteiger partial charge in [0.05, 0.1) is 16.8 Å². The molecule has 6 nitrogen and oxygen atoms in total. The van der Waals surface area contributed by atoms with E-state index in [0.717, 1.165) is 38.5 Å². The van der Waals surface area contributed by atoms with Gasteiger partial charge in [0.15, 0.2) is 0 Å². The van der Waals surface area contributed by atoms with Gasteiger partial charge < -0.3 is 4.74 Å². The number of pyridine rings is 1. The summed E-state index contributed by atoms with van der Waals surface area (Å²) in [6.45, 7) is 2.42. The molecule has 1 fully saturated rings. The summed E-state index contributed by atoms with van der Waals surface area (Å²) in [5, 5.41) is 13.0. The lowest BCUT2D eigenvalue weighted by Gasteiger charge is -2.16. The lowest BCUT2D eigenvalue weighted by molar-refractivity contribution is -0.130. The standard InChI is InChI=1S/C24H21N3O3S/c1-15-12-16(19-4-2-3-5-21(19)26-15)14-30-18-8-6-17(7-9-18)24(23-25-10-11-31-23)13-20(24)22(28)27-29/h2-12,20,29H,13-14H2,1H3,(H,27,28)/t20-,24-/m1/s1. The molecule has 0 saturated heterocycles. The van der Waals surface area contributed by atoms with Crippen molar-refractivity contribution >= 4 is 28.1 Å². The normalized spacial score (nSPS) is 19.9. The van der Waals surface area contributed by atoms with E-state index < -0.39 is 5.41 Å². The van der Waals surface area contributed by atoms with Crippen LogP contribution in [0.25, 0.3) is 10.9 Å². The molecule has 0 bridgehead atoms. The van der Waals surface area contributed by atoms with E-state index in [1.807, 2.05) is 54.8 Å². The minimum atomic E-state index is -0.488. The van der Waals surface area contributed by atoms with Gasteiger partial charge in [0.2, 0.25) is 5.91 Å². The quantitative estimate of drug-likeness (QED) is 0.349. The number of hydrogen-bond acceptors (Lipinski definition) is 6. The summed E-state index contributed by atoms with van der Waals surface area (Å²) in [4.78, 5) is 21.1. The number of para-hydroxylation sites is 1. The molecule has 1 saturated carbocycles. The Morgan fingerprint density at radius 3 is 2.81 bits per heavy atom. The molecule has 5 rings (SSSR count). The number of fused-ring (bicyclic) bond motifs is 1. The van der Waals surface area contributed by atoms with E-state index in [2.05, 4.69) is 22.1 Å². The number of amides is 1. The van der Waals surface area contributed by atoms with E-state index in [1.165, 1.54) is 11.3 Å². The van der Waals surface area contributed by atoms with Crippen molar-refractivity contribution in [2.75, 3.05) is 0 Å². The van der Waals surface area contributed by atoms with Crippen molar-refractivity contribution in [2.45, 2.75) is 25.4 Å². The zero-order chi connectivity index (χ0) is 21.4. The summed E-state index contributed by atoms with van der Waals surface area (Å²) in [6.07, 6.45) is 2.36. The number of carbonyl (C=O) groups is 1. The van der Waals surface area contributed by atoms with Crippen molar-refractivity contribution in [1.29, 1.82) is 0 Å². The molecule has 156 valence electrons. The zero-order valence-corrected chi connectivity index (χ0v) is 17.7. The summed E-state index contributed by atoms with van der Waals surface area (Å²) in [5.41, 5.74) is 5.31. The van der Waals surface area contributed by atoms with Crippen molar-refractivity contribution < 1.29 is 14.7 Å². The lowest BCUT2D eigenvalue weighted by Crippen LogP contribution is -2.26. The fourth-order valence-electron chi connectivity index (χ4n) is 4.30. The number of rotatable bonds is 6. The number of nitrogens with one attached hydrogen (secondary N) is 1. The van der Waals surface area contributed by atoms with Gasteiger partial charge in [-0.05, 0) is 43.2 Å². The Hall–Kier alpha value is -3.29. The van der Waals surface area contributed by atoms with Gasteiger partial charge in [-0.2, -0.15) is 0 Å². The molecule has 1 aliphatic rings. The average Bonchev–Trinajstić information content (AvgIpc) is 3.31. The maximum Gasteiger partial charge on any atom is 0.247 e. The molecule has 0 radical (unpaired) electrons. The molecule has 0 unspecified atom stereocenters. The van der Waals surface area contributed by atoms with E-state index in [1.54, 1.807) is 11.7 Å². The van der Waals surface area contributed by atoms with Crippen LogP contribution in [0.1, 0.15) is 28.2 Å². The van der Waals surface area contributed by atoms with Crippen LogP contribution in [-0.4, -0.2) is 21.1 Å². The molecular formula is C24H21N3O3S. The first-order chi connectivity index (χ1) is 15.1. The van der Waals surface area contributed by atoms with Crippen molar-refractivity contribution in [3.8, 4) is 5.75 Å². The number of hydrogen-bond donors (Lipinski definition) is 2. The molecule has 2 aromatic heterocycles. The van der Waals surface area contributed by atoms with Crippen molar-refractivity contribution in [2.24, 2.45) is 5.92 Å². The summed E-state index contributed by atoms with van der Waals surface area (Å²) < 4.78 is 6.07. The van der Waals surface area contributed by atoms with Crippen molar-refractivity contribution in [3.05, 3.63) is 88.0 Å². The number of thiazole rings is 1. The Bertz CT molecular complexity index is 1240. The maximum absolute atomic E-state index is 12.1. The van der Waals surface area contributed by atoms with Crippen LogP contribution in [0.4, 0.5) is 0 Å². The Morgan fingerprint density at radius 2 is 2.06 bits per heavy atom. The van der Waals surface area contributed by atoms with E-state index in [0.29, 0.717) is 13.0 Å². The lowest BCUT2D eigenvalue weighted by atomic mass is 9.93. The van der Waals surface area contributed by atoms with Gasteiger partial charge in [0.25, 0.3) is 0 Å². The van der Waals surface area contributed by atoms with Gasteiger partial charge in [-0.15, -0.1) is 11.3 Å². The molecule has 2 heterocycles. The van der Waals surface area contributed by atoms with Crippen LogP contribution in [0.3, 0.4) is 0 Å². The maximum atomic E-state index is 12.1. The molecular weight excluding hydrogens is 410 g/mol. The third kappa shape index (κ3) is 3.45. The second kappa shape index (κ2) is 7.76. The van der Waals surface area contributed by atoms with Crippen LogP contribution >= 0.6 is 11.3 Å². The number of nitrogens with zero attached hydrogens (tertiary/aromatic N) is 2. The summed E-state index contributed by atoms with van der Waals surface area (Å²) in [5.74, 6) is 0.0393. The minimum Gasteiger partial charge on any atom is -0.489 e. The number of aryl methyl sites for hydroxylation is 1. The highest BCUT2D eigenvalue weighted by Crippen LogP contribution is 2.59. The smallest absolute Gasteiger partial charge is 0.247 e. The number of hydroxylamine groups is 1. The summed E-state index contributed by atoms with van der Waals surface area (Å²) >= 11 is 1.52. The summed E-state index contributed by atoms with van der Waals surface area (Å²) in [7, 11) is 0. The second-order valence-electron chi connectivity index (χ2n) is 7.79. The van der Waals surface area contributed by atoms with E-state index in [-0.39, 0.29) is 11.8 Å². The molecule has 0 spiro atoms. The Balaban J connectivity index is 1.38. The molecule has 7 heteroatoms. The molecule has 31 heavy (non-hydrogen) atoms. The molecule has 2 N–H and O–H groups in total. The highest BCUT2D eigenvalue weighted by atomic mass is 32.1. The molecule has 0 aliphatic heterocycles. The van der Waals surface area contributed by atoms with E-state index >= 15 is 0 Å². The Morgan fingerprint density at radius 1 is 1.26 bits per heavy atom. The van der Waals surface area contributed by atoms with Gasteiger partial charge in [-0.25, -0.2) is 10.5 Å². The number of aromatic nitrogens is 2. The molecule has 2 atom stereocenters. The highest BCUT2D eigenvalue weighted by Gasteiger charge is 2.62. The highest BCUT2D eigenvalue weighted by molar-refractivity contribution is 7.09. The first-order valence-electron chi connectivity index (χ1n) is 10.0. The van der Waals surface area contributed by atoms with Crippen LogP contribution in [-0.2, 0) is 16.8 Å². The van der Waals surface area contributed by atoms with Crippen LogP contribution in [0.2, 0.25) is 0 Å². The predicted octanol–water partition coefficient (Wildman–Crippen LogP) is 4.39. The SMILES string of the molecule is Cc1cc(COc2ccc([C@]3(c4nccs4)C[C@@H]3C(=O)NO)cc2)c2ccccc2n1. The predicted molar refractivity (Wildman–Crippen MR) is 118 cm³/mol. The fraction of sp³-hybridized carbons (Fsp3) is 0.208. The molecule has 1 aliphatic carbocycles. The Kier molecular flexibility index (Phi) is 4.92. The third-order valence-corrected chi connectivity index (χ3v) is 6.85. The van der Waals surface area contributed by atoms with E-state index in [4.69, 9.17) is 9.94 Å².